The van der Waals surface area contributed by atoms with Crippen LogP contribution in [0.4, 0.5) is 0 Å². The lowest BCUT2D eigenvalue weighted by atomic mass is 10.00. The van der Waals surface area contributed by atoms with Crippen molar-refractivity contribution < 1.29 is 9.53 Å². The molecule has 5 heteroatoms. The summed E-state index contributed by atoms with van der Waals surface area (Å²) in [6, 6.07) is 36.0. The molecule has 5 nitrogen and oxygen atoms in total. The lowest BCUT2D eigenvalue weighted by molar-refractivity contribution is 0.0933. The van der Waals surface area contributed by atoms with E-state index in [0.717, 1.165) is 28.5 Å². The van der Waals surface area contributed by atoms with Crippen molar-refractivity contribution in [2.24, 2.45) is 0 Å². The molecule has 0 aliphatic heterocycles. The number of amides is 1. The van der Waals surface area contributed by atoms with Gasteiger partial charge in [-0.1, -0.05) is 110 Å². The second-order valence-electron chi connectivity index (χ2n) is 9.87. The molecule has 0 fully saturated rings. The number of nitrogens with zero attached hydrogens (tertiary/aromatic N) is 2. The third-order valence-corrected chi connectivity index (χ3v) is 7.24. The molecule has 40 heavy (non-hydrogen) atoms. The highest BCUT2D eigenvalue weighted by atomic mass is 16.5. The van der Waals surface area contributed by atoms with E-state index < -0.39 is 0 Å². The zero-order valence-corrected chi connectivity index (χ0v) is 22.5. The van der Waals surface area contributed by atoms with Gasteiger partial charge in [0.05, 0.1) is 23.7 Å². The van der Waals surface area contributed by atoms with Crippen molar-refractivity contribution in [2.45, 2.75) is 25.9 Å². The third kappa shape index (κ3) is 5.19. The lowest BCUT2D eigenvalue weighted by Gasteiger charge is -2.21. The Morgan fingerprint density at radius 3 is 2.15 bits per heavy atom. The summed E-state index contributed by atoms with van der Waals surface area (Å²) in [5.74, 6) is 0.329. The number of para-hydroxylation sites is 1. The number of aromatic nitrogens is 2. The third-order valence-electron chi connectivity index (χ3n) is 7.24. The first-order valence-corrected chi connectivity index (χ1v) is 13.7. The van der Waals surface area contributed by atoms with Gasteiger partial charge in [-0.15, -0.1) is 0 Å². The van der Waals surface area contributed by atoms with E-state index in [9.17, 15) is 4.79 Å². The SMILES string of the molecule is CC[C@H](NC(=O)c1c(OCCn2cc3ccccc3c2)c(-c2ccccc2)nc2ccccc12)c1ccccc1. The van der Waals surface area contributed by atoms with Crippen LogP contribution in [-0.4, -0.2) is 22.1 Å². The smallest absolute Gasteiger partial charge is 0.256 e. The molecular formula is C35H31N3O2. The highest BCUT2D eigenvalue weighted by molar-refractivity contribution is 6.10. The Hall–Kier alpha value is -4.90. The van der Waals surface area contributed by atoms with Crippen LogP contribution < -0.4 is 10.1 Å². The van der Waals surface area contributed by atoms with Gasteiger partial charge in [0.2, 0.25) is 0 Å². The second-order valence-corrected chi connectivity index (χ2v) is 9.87. The maximum Gasteiger partial charge on any atom is 0.256 e. The van der Waals surface area contributed by atoms with Crippen LogP contribution in [-0.2, 0) is 6.54 Å². The van der Waals surface area contributed by atoms with Crippen LogP contribution >= 0.6 is 0 Å². The molecule has 1 N–H and O–H groups in total. The zero-order chi connectivity index (χ0) is 27.3. The highest BCUT2D eigenvalue weighted by Crippen LogP contribution is 2.37. The van der Waals surface area contributed by atoms with Crippen molar-refractivity contribution in [2.75, 3.05) is 6.61 Å². The molecule has 0 spiro atoms. The van der Waals surface area contributed by atoms with Gasteiger partial charge in [0.25, 0.3) is 5.91 Å². The number of ether oxygens (including phenoxy) is 1. The molecule has 198 valence electrons. The largest absolute Gasteiger partial charge is 0.489 e. The summed E-state index contributed by atoms with van der Waals surface area (Å²) in [5.41, 5.74) is 3.90. The number of hydrogen-bond acceptors (Lipinski definition) is 3. The summed E-state index contributed by atoms with van der Waals surface area (Å²) in [6.07, 6.45) is 5.01. The molecule has 0 bridgehead atoms. The van der Waals surface area contributed by atoms with Crippen molar-refractivity contribution in [1.29, 1.82) is 0 Å². The van der Waals surface area contributed by atoms with Gasteiger partial charge in [0.15, 0.2) is 5.75 Å². The van der Waals surface area contributed by atoms with E-state index in [1.54, 1.807) is 0 Å². The van der Waals surface area contributed by atoms with Gasteiger partial charge in [-0.2, -0.15) is 0 Å². The van der Waals surface area contributed by atoms with Crippen molar-refractivity contribution in [1.82, 2.24) is 14.9 Å². The lowest BCUT2D eigenvalue weighted by Crippen LogP contribution is -2.29. The molecule has 0 saturated heterocycles. The number of carbonyl (C=O) groups is 1. The Morgan fingerprint density at radius 1 is 0.825 bits per heavy atom. The molecule has 0 aliphatic carbocycles. The Kier molecular flexibility index (Phi) is 7.27. The fraction of sp³-hybridized carbons (Fsp3) is 0.143. The predicted octanol–water partition coefficient (Wildman–Crippen LogP) is 7.82. The van der Waals surface area contributed by atoms with Crippen molar-refractivity contribution in [3.63, 3.8) is 0 Å². The Balaban J connectivity index is 1.41. The molecule has 2 heterocycles. The molecule has 1 amide bonds. The summed E-state index contributed by atoms with van der Waals surface area (Å²) in [4.78, 5) is 19.1. The van der Waals surface area contributed by atoms with Gasteiger partial charge in [-0.05, 0) is 28.8 Å². The zero-order valence-electron chi connectivity index (χ0n) is 22.5. The molecule has 2 aromatic heterocycles. The number of benzene rings is 4. The molecule has 4 aromatic carbocycles. The molecule has 0 radical (unpaired) electrons. The van der Waals surface area contributed by atoms with Gasteiger partial charge in [0.1, 0.15) is 12.3 Å². The summed E-state index contributed by atoms with van der Waals surface area (Å²) < 4.78 is 8.66. The van der Waals surface area contributed by atoms with Crippen LogP contribution in [0.5, 0.6) is 5.75 Å². The molecule has 0 saturated carbocycles. The molecular weight excluding hydrogens is 494 g/mol. The first kappa shape index (κ1) is 25.4. The Morgan fingerprint density at radius 2 is 1.45 bits per heavy atom. The maximum absolute atomic E-state index is 14.1. The Labute approximate surface area is 234 Å². The van der Waals surface area contributed by atoms with Gasteiger partial charge in [-0.25, -0.2) is 4.98 Å². The van der Waals surface area contributed by atoms with E-state index in [1.807, 2.05) is 97.1 Å². The maximum atomic E-state index is 14.1. The van der Waals surface area contributed by atoms with Crippen LogP contribution in [0.3, 0.4) is 0 Å². The summed E-state index contributed by atoms with van der Waals surface area (Å²) >= 11 is 0. The summed E-state index contributed by atoms with van der Waals surface area (Å²) in [6.45, 7) is 3.10. The first-order valence-electron chi connectivity index (χ1n) is 13.7. The monoisotopic (exact) mass is 525 g/mol. The van der Waals surface area contributed by atoms with Gasteiger partial charge in [-0.3, -0.25) is 4.79 Å². The topological polar surface area (TPSA) is 56.1 Å². The number of nitrogens with one attached hydrogen (secondary N) is 1. The average molecular weight is 526 g/mol. The summed E-state index contributed by atoms with van der Waals surface area (Å²) in [5, 5.41) is 6.43. The predicted molar refractivity (Wildman–Crippen MR) is 162 cm³/mol. The van der Waals surface area contributed by atoms with E-state index in [4.69, 9.17) is 9.72 Å². The minimum Gasteiger partial charge on any atom is -0.489 e. The Bertz CT molecular complexity index is 1730. The number of hydrogen-bond donors (Lipinski definition) is 1. The number of carbonyl (C=O) groups excluding carboxylic acids is 1. The van der Waals surface area contributed by atoms with Crippen LogP contribution in [0, 0.1) is 0 Å². The number of fused-ring (bicyclic) bond motifs is 2. The highest BCUT2D eigenvalue weighted by Gasteiger charge is 2.25. The van der Waals surface area contributed by atoms with E-state index in [-0.39, 0.29) is 11.9 Å². The van der Waals surface area contributed by atoms with Crippen LogP contribution in [0.1, 0.15) is 35.3 Å². The van der Waals surface area contributed by atoms with E-state index in [1.165, 1.54) is 10.8 Å². The van der Waals surface area contributed by atoms with Crippen molar-refractivity contribution in [3.05, 3.63) is 133 Å². The normalized spacial score (nSPS) is 11.9. The minimum atomic E-state index is -0.173. The molecule has 6 aromatic rings. The van der Waals surface area contributed by atoms with Crippen LogP contribution in [0.15, 0.2) is 122 Å². The molecule has 6 rings (SSSR count). The molecule has 0 unspecified atom stereocenters. The van der Waals surface area contributed by atoms with E-state index >= 15 is 0 Å². The van der Waals surface area contributed by atoms with Crippen molar-refractivity contribution >= 4 is 27.6 Å². The molecule has 1 atom stereocenters. The van der Waals surface area contributed by atoms with Gasteiger partial charge < -0.3 is 14.6 Å². The average Bonchev–Trinajstić information content (AvgIpc) is 3.43. The van der Waals surface area contributed by atoms with Crippen LogP contribution in [0.2, 0.25) is 0 Å². The van der Waals surface area contributed by atoms with Gasteiger partial charge in [0, 0.05) is 23.3 Å². The van der Waals surface area contributed by atoms with Crippen molar-refractivity contribution in [3.8, 4) is 17.0 Å². The summed E-state index contributed by atoms with van der Waals surface area (Å²) in [7, 11) is 0. The second kappa shape index (κ2) is 11.5. The molecule has 0 aliphatic rings. The number of pyridine rings is 1. The van der Waals surface area contributed by atoms with Gasteiger partial charge >= 0.3 is 0 Å². The van der Waals surface area contributed by atoms with E-state index in [2.05, 4.69) is 41.3 Å². The minimum absolute atomic E-state index is 0.124. The fourth-order valence-electron chi connectivity index (χ4n) is 5.21. The van der Waals surface area contributed by atoms with E-state index in [0.29, 0.717) is 30.2 Å². The first-order chi connectivity index (χ1) is 19.7. The fourth-order valence-corrected chi connectivity index (χ4v) is 5.21. The quantitative estimate of drug-likeness (QED) is 0.209. The standard InChI is InChI=1S/C35H31N3O2/c1-2-30(25-13-5-3-6-14-25)37-35(39)32-29-19-11-12-20-31(29)36-33(26-15-7-4-8-16-26)34(32)40-22-21-38-23-27-17-9-10-18-28(27)24-38/h3-20,23-24,30H,2,21-22H2,1H3,(H,37,39)/t30-/m0/s1. The van der Waals surface area contributed by atoms with Crippen LogP contribution in [0.25, 0.3) is 32.9 Å². The number of rotatable bonds is 9.